The second kappa shape index (κ2) is 7.09. The van der Waals surface area contributed by atoms with Gasteiger partial charge < -0.3 is 5.11 Å². The summed E-state index contributed by atoms with van der Waals surface area (Å²) in [6.07, 6.45) is 11.3. The molecule has 19 heavy (non-hydrogen) atoms. The minimum Gasteiger partial charge on any atom is -0.393 e. The van der Waals surface area contributed by atoms with Gasteiger partial charge in [0.2, 0.25) is 0 Å². The zero-order chi connectivity index (χ0) is 13.7. The van der Waals surface area contributed by atoms with E-state index in [0.717, 1.165) is 24.5 Å². The van der Waals surface area contributed by atoms with Gasteiger partial charge in [0, 0.05) is 18.7 Å². The van der Waals surface area contributed by atoms with E-state index in [9.17, 15) is 5.11 Å². The first kappa shape index (κ1) is 14.6. The molecule has 0 saturated heterocycles. The summed E-state index contributed by atoms with van der Waals surface area (Å²) in [4.78, 5) is 0. The third kappa shape index (κ3) is 4.34. The number of hydrogen-bond acceptors (Lipinski definition) is 2. The van der Waals surface area contributed by atoms with Crippen LogP contribution in [0.2, 0.25) is 0 Å². The van der Waals surface area contributed by atoms with Crippen molar-refractivity contribution in [3.63, 3.8) is 0 Å². The predicted molar refractivity (Wildman–Crippen MR) is 78.1 cm³/mol. The monoisotopic (exact) mass is 264 g/mol. The lowest BCUT2D eigenvalue weighted by atomic mass is 9.85. The smallest absolute Gasteiger partial charge is 0.0650 e. The second-order valence-electron chi connectivity index (χ2n) is 6.14. The lowest BCUT2D eigenvalue weighted by Crippen LogP contribution is -2.18. The third-order valence-electron chi connectivity index (χ3n) is 4.48. The first-order valence-electron chi connectivity index (χ1n) is 7.91. The highest BCUT2D eigenvalue weighted by molar-refractivity contribution is 5.01. The van der Waals surface area contributed by atoms with E-state index in [2.05, 4.69) is 25.0 Å². The van der Waals surface area contributed by atoms with Crippen LogP contribution in [0.1, 0.15) is 70.5 Å². The zero-order valence-corrected chi connectivity index (χ0v) is 12.4. The van der Waals surface area contributed by atoms with Crippen LogP contribution in [-0.2, 0) is 6.42 Å². The normalized spacial score (nSPS) is 20.4. The molecule has 0 radical (unpaired) electrons. The maximum Gasteiger partial charge on any atom is 0.0650 e. The average molecular weight is 264 g/mol. The Kier molecular flexibility index (Phi) is 5.44. The molecule has 0 aliphatic heterocycles. The van der Waals surface area contributed by atoms with Gasteiger partial charge in [0.05, 0.1) is 11.8 Å². The van der Waals surface area contributed by atoms with Gasteiger partial charge in [0.1, 0.15) is 0 Å². The highest BCUT2D eigenvalue weighted by atomic mass is 16.3. The van der Waals surface area contributed by atoms with Gasteiger partial charge in [0.25, 0.3) is 0 Å². The fourth-order valence-electron chi connectivity index (χ4n) is 3.05. The molecule has 1 saturated carbocycles. The molecule has 0 aromatic carbocycles. The van der Waals surface area contributed by atoms with Crippen molar-refractivity contribution >= 4 is 0 Å². The van der Waals surface area contributed by atoms with Crippen molar-refractivity contribution in [1.82, 2.24) is 9.78 Å². The molecule has 2 rings (SSSR count). The molecule has 0 spiro atoms. The van der Waals surface area contributed by atoms with Crippen molar-refractivity contribution < 1.29 is 5.11 Å². The van der Waals surface area contributed by atoms with Gasteiger partial charge in [-0.15, -0.1) is 0 Å². The largest absolute Gasteiger partial charge is 0.393 e. The molecule has 108 valence electrons. The Morgan fingerprint density at radius 3 is 2.79 bits per heavy atom. The molecule has 3 heteroatoms. The number of aromatic nitrogens is 2. The maximum atomic E-state index is 10.2. The van der Waals surface area contributed by atoms with Crippen molar-refractivity contribution in [3.8, 4) is 0 Å². The topological polar surface area (TPSA) is 38.0 Å². The summed E-state index contributed by atoms with van der Waals surface area (Å²) in [7, 11) is 0. The van der Waals surface area contributed by atoms with E-state index in [1.165, 1.54) is 32.1 Å². The molecular formula is C16H28N2O. The second-order valence-corrected chi connectivity index (χ2v) is 6.14. The van der Waals surface area contributed by atoms with Crippen LogP contribution in [0, 0.1) is 5.92 Å². The first-order valence-corrected chi connectivity index (χ1v) is 7.91. The zero-order valence-electron chi connectivity index (χ0n) is 12.4. The number of hydrogen-bond donors (Lipinski definition) is 1. The fraction of sp³-hybridized carbons (Fsp3) is 0.812. The molecule has 1 aromatic rings. The van der Waals surface area contributed by atoms with E-state index in [1.807, 2.05) is 10.9 Å². The molecule has 1 N–H and O–H groups in total. The van der Waals surface area contributed by atoms with Crippen LogP contribution < -0.4 is 0 Å². The maximum absolute atomic E-state index is 10.2. The van der Waals surface area contributed by atoms with E-state index in [4.69, 9.17) is 0 Å². The van der Waals surface area contributed by atoms with Gasteiger partial charge in [0.15, 0.2) is 0 Å². The molecule has 1 aliphatic carbocycles. The van der Waals surface area contributed by atoms with Crippen molar-refractivity contribution in [2.75, 3.05) is 0 Å². The Labute approximate surface area is 117 Å². The number of aliphatic hydroxyl groups is 1. The van der Waals surface area contributed by atoms with Crippen LogP contribution >= 0.6 is 0 Å². The lowest BCUT2D eigenvalue weighted by molar-refractivity contribution is 0.129. The Morgan fingerprint density at radius 1 is 1.37 bits per heavy atom. The summed E-state index contributed by atoms with van der Waals surface area (Å²) in [5.41, 5.74) is 1.03. The van der Waals surface area contributed by atoms with Crippen LogP contribution in [0.4, 0.5) is 0 Å². The summed E-state index contributed by atoms with van der Waals surface area (Å²) in [6, 6.07) is 2.50. The molecule has 2 unspecified atom stereocenters. The van der Waals surface area contributed by atoms with Crippen LogP contribution in [0.25, 0.3) is 0 Å². The predicted octanol–water partition coefficient (Wildman–Crippen LogP) is 3.73. The van der Waals surface area contributed by atoms with Crippen LogP contribution in [0.5, 0.6) is 0 Å². The summed E-state index contributed by atoms with van der Waals surface area (Å²) < 4.78 is 2.02. The molecule has 3 nitrogen and oxygen atoms in total. The fourth-order valence-corrected chi connectivity index (χ4v) is 3.05. The molecule has 0 bridgehead atoms. The highest BCUT2D eigenvalue weighted by Crippen LogP contribution is 2.28. The Balaban J connectivity index is 1.80. The molecule has 1 fully saturated rings. The van der Waals surface area contributed by atoms with Gasteiger partial charge in [-0.05, 0) is 31.7 Å². The Bertz CT molecular complexity index is 369. The molecule has 2 atom stereocenters. The average Bonchev–Trinajstić information content (AvgIpc) is 2.87. The minimum absolute atomic E-state index is 0.219. The molecule has 0 amide bonds. The SMILES string of the molecule is CCC(C)n1ccc(CC(O)CC2CCCCC2)n1. The van der Waals surface area contributed by atoms with E-state index in [1.54, 1.807) is 0 Å². The molecule has 1 aliphatic rings. The van der Waals surface area contributed by atoms with E-state index in [-0.39, 0.29) is 6.10 Å². The highest BCUT2D eigenvalue weighted by Gasteiger charge is 2.18. The van der Waals surface area contributed by atoms with Gasteiger partial charge in [-0.2, -0.15) is 5.10 Å². The van der Waals surface area contributed by atoms with Crippen LogP contribution in [0.3, 0.4) is 0 Å². The summed E-state index contributed by atoms with van der Waals surface area (Å²) >= 11 is 0. The van der Waals surface area contributed by atoms with Crippen molar-refractivity contribution in [3.05, 3.63) is 18.0 Å². The van der Waals surface area contributed by atoms with Crippen molar-refractivity contribution in [2.45, 2.75) is 77.4 Å². The van der Waals surface area contributed by atoms with Gasteiger partial charge >= 0.3 is 0 Å². The first-order chi connectivity index (χ1) is 9.19. The summed E-state index contributed by atoms with van der Waals surface area (Å²) in [6.45, 7) is 4.35. The third-order valence-corrected chi connectivity index (χ3v) is 4.48. The molecule has 1 aromatic heterocycles. The quantitative estimate of drug-likeness (QED) is 0.850. The van der Waals surface area contributed by atoms with Gasteiger partial charge in [-0.25, -0.2) is 0 Å². The summed E-state index contributed by atoms with van der Waals surface area (Å²) in [5.74, 6) is 0.736. The number of nitrogens with zero attached hydrogens (tertiary/aromatic N) is 2. The van der Waals surface area contributed by atoms with Crippen LogP contribution in [0.15, 0.2) is 12.3 Å². The lowest BCUT2D eigenvalue weighted by Gasteiger charge is -2.23. The molecular weight excluding hydrogens is 236 g/mol. The van der Waals surface area contributed by atoms with Gasteiger partial charge in [-0.3, -0.25) is 4.68 Å². The number of aliphatic hydroxyl groups excluding tert-OH is 1. The van der Waals surface area contributed by atoms with E-state index in [0.29, 0.717) is 12.5 Å². The Hall–Kier alpha value is -0.830. The standard InChI is InChI=1S/C16H28N2O/c1-3-13(2)18-10-9-15(17-18)12-16(19)11-14-7-5-4-6-8-14/h9-10,13-14,16,19H,3-8,11-12H2,1-2H3. The number of rotatable bonds is 6. The van der Waals surface area contributed by atoms with E-state index < -0.39 is 0 Å². The summed E-state index contributed by atoms with van der Waals surface area (Å²) in [5, 5.41) is 14.8. The molecule has 1 heterocycles. The van der Waals surface area contributed by atoms with Crippen molar-refractivity contribution in [2.24, 2.45) is 5.92 Å². The van der Waals surface area contributed by atoms with Crippen molar-refractivity contribution in [1.29, 1.82) is 0 Å². The van der Waals surface area contributed by atoms with E-state index >= 15 is 0 Å². The minimum atomic E-state index is -0.219. The Morgan fingerprint density at radius 2 is 2.11 bits per heavy atom. The van der Waals surface area contributed by atoms with Crippen LogP contribution in [-0.4, -0.2) is 21.0 Å². The van der Waals surface area contributed by atoms with Gasteiger partial charge in [-0.1, -0.05) is 39.0 Å².